The molecule has 0 bridgehead atoms. The van der Waals surface area contributed by atoms with Gasteiger partial charge in [0.1, 0.15) is 0 Å². The molecule has 0 saturated carbocycles. The van der Waals surface area contributed by atoms with Gasteiger partial charge < -0.3 is 0 Å². The van der Waals surface area contributed by atoms with Crippen LogP contribution >= 0.6 is 22.7 Å². The van der Waals surface area contributed by atoms with Crippen LogP contribution in [-0.4, -0.2) is 0 Å². The lowest BCUT2D eigenvalue weighted by Gasteiger charge is -2.20. The molecule has 2 heterocycles. The van der Waals surface area contributed by atoms with Crippen molar-refractivity contribution >= 4 is 128 Å². The van der Waals surface area contributed by atoms with Crippen LogP contribution in [0.25, 0.3) is 183 Å². The summed E-state index contributed by atoms with van der Waals surface area (Å²) in [5, 5.41) is 20.2. The number of hydrogen-bond acceptors (Lipinski definition) is 2. The summed E-state index contributed by atoms with van der Waals surface area (Å²) in [5.41, 5.74) is 17.2. The zero-order valence-electron chi connectivity index (χ0n) is 46.7. The fraction of sp³-hybridized carbons (Fsp3) is 0. The minimum Gasteiger partial charge on any atom is -0.135 e. The quantitative estimate of drug-likeness (QED) is 0.140. The summed E-state index contributed by atoms with van der Waals surface area (Å²) in [6.07, 6.45) is 0. The van der Waals surface area contributed by atoms with Crippen molar-refractivity contribution in [1.29, 1.82) is 0 Å². The second kappa shape index (κ2) is 19.6. The molecule has 398 valence electrons. The van der Waals surface area contributed by atoms with E-state index in [-0.39, 0.29) is 0 Å². The molecule has 0 saturated heterocycles. The largest absolute Gasteiger partial charge is 0.135 e. The molecule has 0 aliphatic heterocycles. The average molecular weight is 1120 g/mol. The Morgan fingerprint density at radius 3 is 1.07 bits per heavy atom. The van der Waals surface area contributed by atoms with Crippen LogP contribution in [-0.2, 0) is 0 Å². The molecule has 0 nitrogen and oxygen atoms in total. The molecule has 18 aromatic rings. The highest BCUT2D eigenvalue weighted by molar-refractivity contribution is 7.26. The molecule has 0 aliphatic carbocycles. The van der Waals surface area contributed by atoms with Gasteiger partial charge in [-0.2, -0.15) is 0 Å². The van der Waals surface area contributed by atoms with Gasteiger partial charge in [-0.3, -0.25) is 0 Å². The van der Waals surface area contributed by atoms with Gasteiger partial charge in [0.2, 0.25) is 0 Å². The Bertz CT molecular complexity index is 5810. The van der Waals surface area contributed by atoms with Gasteiger partial charge in [-0.25, -0.2) is 0 Å². The van der Waals surface area contributed by atoms with Gasteiger partial charge in [-0.05, 0) is 185 Å². The summed E-state index contributed by atoms with van der Waals surface area (Å²) in [6, 6.07) is 114. The molecule has 18 rings (SSSR count). The predicted molar refractivity (Wildman–Crippen MR) is 375 cm³/mol. The summed E-state index contributed by atoms with van der Waals surface area (Å²) < 4.78 is 5.25. The van der Waals surface area contributed by atoms with Gasteiger partial charge >= 0.3 is 0 Å². The Hall–Kier alpha value is -10.5. The third kappa shape index (κ3) is 7.67. The van der Waals surface area contributed by atoms with Gasteiger partial charge in [0.25, 0.3) is 0 Å². The van der Waals surface area contributed by atoms with Crippen molar-refractivity contribution in [2.75, 3.05) is 0 Å². The van der Waals surface area contributed by atoms with Gasteiger partial charge in [-0.15, -0.1) is 22.7 Å². The van der Waals surface area contributed by atoms with Gasteiger partial charge in [0, 0.05) is 40.3 Å². The Kier molecular flexibility index (Phi) is 11.1. The highest BCUT2D eigenvalue weighted by Crippen LogP contribution is 2.50. The van der Waals surface area contributed by atoms with Crippen LogP contribution in [0, 0.1) is 0 Å². The molecule has 86 heavy (non-hydrogen) atoms. The van der Waals surface area contributed by atoms with Gasteiger partial charge in [0.15, 0.2) is 0 Å². The van der Waals surface area contributed by atoms with Crippen molar-refractivity contribution in [1.82, 2.24) is 0 Å². The first-order chi connectivity index (χ1) is 42.6. The van der Waals surface area contributed by atoms with Crippen molar-refractivity contribution in [3.05, 3.63) is 303 Å². The number of rotatable bonds is 7. The normalized spacial score (nSPS) is 12.0. The summed E-state index contributed by atoms with van der Waals surface area (Å²) in [4.78, 5) is 0. The smallest absolute Gasteiger partial charge is 0.0361 e. The second-order valence-corrected chi connectivity index (χ2v) is 25.1. The Morgan fingerprint density at radius 1 is 0.163 bits per heavy atom. The fourth-order valence-corrected chi connectivity index (χ4v) is 16.7. The van der Waals surface area contributed by atoms with E-state index < -0.39 is 0 Å². The van der Waals surface area contributed by atoms with Crippen molar-refractivity contribution in [3.8, 4) is 77.9 Å². The van der Waals surface area contributed by atoms with Crippen molar-refractivity contribution < 1.29 is 0 Å². The van der Waals surface area contributed by atoms with E-state index in [1.807, 2.05) is 22.7 Å². The summed E-state index contributed by atoms with van der Waals surface area (Å²) in [5.74, 6) is 0. The standard InChI is InChI=1S/C84H50S2/c1-2-18-57-48-60(43-38-51(57)16-1)81-66-22-6-5-21-65(66)79(69-46-44-58(49-73(69)81)62-27-14-32-77-83(62)71-25-9-11-30-75(71)85-77)55-39-34-52(35-40-55)53-36-41-56(42-37-53)80-67-23-7-8-24-68(67)82(64-29-13-19-54-17-3-4-20-61(54)64)70-47-45-59(50-74(70)80)63-28-15-33-78-84(63)72-26-10-12-31-76(72)86-78/h1-50H. The highest BCUT2D eigenvalue weighted by Gasteiger charge is 2.23. The molecule has 16 aromatic carbocycles. The molecule has 0 aliphatic rings. The van der Waals surface area contributed by atoms with Crippen LogP contribution in [0.5, 0.6) is 0 Å². The Morgan fingerprint density at radius 2 is 0.512 bits per heavy atom. The summed E-state index contributed by atoms with van der Waals surface area (Å²) in [6.45, 7) is 0. The fourth-order valence-electron chi connectivity index (χ4n) is 14.4. The van der Waals surface area contributed by atoms with E-state index in [0.717, 1.165) is 0 Å². The first-order valence-corrected chi connectivity index (χ1v) is 31.3. The Labute approximate surface area is 505 Å². The first-order valence-electron chi connectivity index (χ1n) is 29.6. The minimum absolute atomic E-state index is 1.18. The van der Waals surface area contributed by atoms with Crippen LogP contribution < -0.4 is 0 Å². The number of hydrogen-bond donors (Lipinski definition) is 0. The maximum Gasteiger partial charge on any atom is 0.0361 e. The van der Waals surface area contributed by atoms with E-state index in [2.05, 4.69) is 303 Å². The van der Waals surface area contributed by atoms with E-state index in [0.29, 0.717) is 0 Å². The molecular formula is C84H50S2. The molecule has 0 amide bonds. The van der Waals surface area contributed by atoms with Crippen LogP contribution in [0.15, 0.2) is 303 Å². The van der Waals surface area contributed by atoms with E-state index in [9.17, 15) is 0 Å². The molecule has 0 N–H and O–H groups in total. The lowest BCUT2D eigenvalue weighted by Crippen LogP contribution is -1.93. The molecule has 0 spiro atoms. The highest BCUT2D eigenvalue weighted by atomic mass is 32.1. The average Bonchev–Trinajstić information content (AvgIpc) is 1.09. The molecule has 2 aromatic heterocycles. The maximum absolute atomic E-state index is 2.48. The molecule has 0 radical (unpaired) electrons. The third-order valence-electron chi connectivity index (χ3n) is 18.3. The van der Waals surface area contributed by atoms with Gasteiger partial charge in [0.05, 0.1) is 0 Å². The molecule has 0 unspecified atom stereocenters. The summed E-state index contributed by atoms with van der Waals surface area (Å²) in [7, 11) is 0. The number of benzene rings is 16. The zero-order chi connectivity index (χ0) is 56.4. The lowest BCUT2D eigenvalue weighted by molar-refractivity contribution is 1.60. The first kappa shape index (κ1) is 49.0. The topological polar surface area (TPSA) is 0 Å². The predicted octanol–water partition coefficient (Wildman–Crippen LogP) is 25.0. The van der Waals surface area contributed by atoms with Crippen molar-refractivity contribution in [2.45, 2.75) is 0 Å². The maximum atomic E-state index is 2.48. The monoisotopic (exact) mass is 1120 g/mol. The minimum atomic E-state index is 1.18. The van der Waals surface area contributed by atoms with Crippen LogP contribution in [0.4, 0.5) is 0 Å². The van der Waals surface area contributed by atoms with Crippen molar-refractivity contribution in [2.24, 2.45) is 0 Å². The van der Waals surface area contributed by atoms with E-state index in [4.69, 9.17) is 0 Å². The van der Waals surface area contributed by atoms with E-state index in [1.165, 1.54) is 183 Å². The molecule has 2 heteroatoms. The third-order valence-corrected chi connectivity index (χ3v) is 20.5. The SMILES string of the molecule is c1ccc2cc(-c3c4ccccc4c(-c4ccc(-c5ccc(-c6c7ccccc7c(-c7cccc8ccccc78)c7ccc(-c8cccc9sc%10ccccc%10c89)cc67)cc5)cc4)c4ccc(-c5cccc6sc7ccccc7c56)cc34)ccc2c1. The molecule has 0 atom stereocenters. The van der Waals surface area contributed by atoms with Crippen molar-refractivity contribution in [3.63, 3.8) is 0 Å². The lowest BCUT2D eigenvalue weighted by atomic mass is 9.83. The Balaban J connectivity index is 0.792. The van der Waals surface area contributed by atoms with Crippen LogP contribution in [0.1, 0.15) is 0 Å². The van der Waals surface area contributed by atoms with E-state index >= 15 is 0 Å². The van der Waals surface area contributed by atoms with Crippen LogP contribution in [0.3, 0.4) is 0 Å². The second-order valence-electron chi connectivity index (χ2n) is 22.9. The van der Waals surface area contributed by atoms with E-state index in [1.54, 1.807) is 0 Å². The zero-order valence-corrected chi connectivity index (χ0v) is 48.3. The molecule has 0 fully saturated rings. The number of fused-ring (bicyclic) bond motifs is 12. The van der Waals surface area contributed by atoms with Gasteiger partial charge in [-0.1, -0.05) is 261 Å². The molecular weight excluding hydrogens is 1070 g/mol. The van der Waals surface area contributed by atoms with Crippen LogP contribution in [0.2, 0.25) is 0 Å². The summed E-state index contributed by atoms with van der Waals surface area (Å²) >= 11 is 3.75. The number of thiophene rings is 2.